The minimum Gasteiger partial charge on any atom is -0.507 e. The first kappa shape index (κ1) is 71.6. The fraction of sp³-hybridized carbons (Fsp3) is 0.219. The third kappa shape index (κ3) is 18.0. The van der Waals surface area contributed by atoms with Gasteiger partial charge in [0.05, 0.1) is 53.8 Å². The van der Waals surface area contributed by atoms with Crippen LogP contribution in [-0.2, 0) is 48.4 Å². The normalized spacial score (nSPS) is 17.4. The quantitative estimate of drug-likeness (QED) is 0.0304. The van der Waals surface area contributed by atoms with Gasteiger partial charge < -0.3 is 53.9 Å². The molecule has 0 spiro atoms. The lowest BCUT2D eigenvalue weighted by Gasteiger charge is -2.25. The van der Waals surface area contributed by atoms with Gasteiger partial charge in [0.15, 0.2) is 0 Å². The monoisotopic (exact) mass is 1360 g/mol. The molecular weight excluding hydrogens is 1290 g/mol. The van der Waals surface area contributed by atoms with Crippen LogP contribution in [0.4, 0.5) is 0 Å². The van der Waals surface area contributed by atoms with E-state index in [-0.39, 0.29) is 47.2 Å². The molecule has 96 heavy (non-hydrogen) atoms. The first-order valence-corrected chi connectivity index (χ1v) is 32.0. The first-order valence-electron chi connectivity index (χ1n) is 30.9. The zero-order chi connectivity index (χ0) is 68.7. The minimum atomic E-state index is -0.682. The Bertz CT molecular complexity index is 3700. The molecule has 0 radical (unpaired) electrons. The van der Waals surface area contributed by atoms with Crippen LogP contribution < -0.4 is 0 Å². The molecule has 6 aromatic carbocycles. The lowest BCUT2D eigenvalue weighted by molar-refractivity contribution is -0.140. The van der Waals surface area contributed by atoms with Crippen molar-refractivity contribution in [3.63, 3.8) is 0 Å². The average molecular weight is 1360 g/mol. The maximum Gasteiger partial charge on any atom is 0.295 e. The number of aliphatic hydroxyl groups is 5. The topological polar surface area (TPSA) is 267 Å². The summed E-state index contributed by atoms with van der Waals surface area (Å²) in [6, 6.07) is 45.3. The molecule has 496 valence electrons. The Hall–Kier alpha value is -10.2. The van der Waals surface area contributed by atoms with Gasteiger partial charge in [-0.25, -0.2) is 15.0 Å². The molecule has 3 fully saturated rings. The number of ketones is 3. The lowest BCUT2D eigenvalue weighted by Crippen LogP contribution is -2.31. The number of hydrogen-bond acceptors (Lipinski definition) is 14. The number of carbonyl (C=O) groups is 6. The molecule has 3 aliphatic heterocycles. The molecule has 5 N–H and O–H groups in total. The Morgan fingerprint density at radius 3 is 0.802 bits per heavy atom. The molecule has 3 atom stereocenters. The Labute approximate surface area is 570 Å². The summed E-state index contributed by atoms with van der Waals surface area (Å²) in [5.41, 5.74) is 3.92. The van der Waals surface area contributed by atoms with Crippen LogP contribution in [0.5, 0.6) is 0 Å². The van der Waals surface area contributed by atoms with Crippen LogP contribution in [0.25, 0.3) is 17.3 Å². The largest absolute Gasteiger partial charge is 0.507 e. The van der Waals surface area contributed by atoms with Crippen molar-refractivity contribution >= 4 is 87.2 Å². The summed E-state index contributed by atoms with van der Waals surface area (Å²) in [5.74, 6) is -4.41. The molecule has 0 saturated carbocycles. The zero-order valence-electron chi connectivity index (χ0n) is 52.6. The van der Waals surface area contributed by atoms with Gasteiger partial charge in [0, 0.05) is 121 Å². The summed E-state index contributed by atoms with van der Waals surface area (Å²) in [7, 11) is 0. The summed E-state index contributed by atoms with van der Waals surface area (Å²) < 4.78 is 5.74. The molecule has 3 unspecified atom stereocenters. The van der Waals surface area contributed by atoms with Gasteiger partial charge in [0.25, 0.3) is 35.1 Å². The average Bonchev–Trinajstić information content (AvgIpc) is 1.63. The maximum atomic E-state index is 12.9. The van der Waals surface area contributed by atoms with Crippen molar-refractivity contribution in [3.05, 3.63) is 285 Å². The second kappa shape index (κ2) is 35.3. The summed E-state index contributed by atoms with van der Waals surface area (Å²) >= 11 is 18.1. The highest BCUT2D eigenvalue weighted by Gasteiger charge is 2.48. The molecule has 3 aliphatic rings. The number of amides is 3. The van der Waals surface area contributed by atoms with Crippen molar-refractivity contribution in [2.45, 2.75) is 70.9 Å². The van der Waals surface area contributed by atoms with Gasteiger partial charge >= 0.3 is 0 Å². The summed E-state index contributed by atoms with van der Waals surface area (Å²) in [4.78, 5) is 94.0. The molecular formula is C73H72Cl3N9O11. The Morgan fingerprint density at radius 2 is 0.594 bits per heavy atom. The van der Waals surface area contributed by atoms with E-state index in [0.29, 0.717) is 90.3 Å². The van der Waals surface area contributed by atoms with Crippen molar-refractivity contribution < 1.29 is 54.3 Å². The van der Waals surface area contributed by atoms with Crippen LogP contribution in [0.15, 0.2) is 237 Å². The van der Waals surface area contributed by atoms with Gasteiger partial charge in [-0.2, -0.15) is 0 Å². The van der Waals surface area contributed by atoms with Crippen LogP contribution in [0, 0.1) is 0 Å². The van der Waals surface area contributed by atoms with Crippen LogP contribution in [0.2, 0.25) is 15.1 Å². The van der Waals surface area contributed by atoms with E-state index >= 15 is 0 Å². The van der Waals surface area contributed by atoms with E-state index in [1.807, 2.05) is 50.5 Å². The molecule has 20 nitrogen and oxygen atoms in total. The predicted octanol–water partition coefficient (Wildman–Crippen LogP) is 12.1. The Kier molecular flexibility index (Phi) is 26.4. The number of imidazole rings is 3. The highest BCUT2D eigenvalue weighted by Crippen LogP contribution is 2.43. The number of halogens is 3. The van der Waals surface area contributed by atoms with E-state index < -0.39 is 53.2 Å². The third-order valence-electron chi connectivity index (χ3n) is 15.4. The zero-order valence-corrected chi connectivity index (χ0v) is 54.9. The van der Waals surface area contributed by atoms with E-state index in [4.69, 9.17) is 45.0 Å². The molecule has 6 heterocycles. The smallest absolute Gasteiger partial charge is 0.295 e. The second-order valence-corrected chi connectivity index (χ2v) is 23.1. The standard InChI is InChI=1S/3C23H20ClN3O3.2C2H6O/c3*24-18-9-7-16(8-10-18)20-19(21(28)17-5-2-1-3-6-17)22(29)23(30)27(20)13-4-12-26-14-11-25-15-26;2*1-2-3/h3*1-3,5-11,14-15,20,28H,4,12-13H2;2*3H,2H2,1H3/b3*21-19+;;. The van der Waals surface area contributed by atoms with Crippen molar-refractivity contribution in [1.29, 1.82) is 0 Å². The van der Waals surface area contributed by atoms with Gasteiger partial charge in [-0.15, -0.1) is 0 Å². The lowest BCUT2D eigenvalue weighted by atomic mass is 9.95. The number of rotatable bonds is 18. The number of aromatic nitrogens is 6. The van der Waals surface area contributed by atoms with Gasteiger partial charge in [0.1, 0.15) is 17.3 Å². The van der Waals surface area contributed by atoms with E-state index in [9.17, 15) is 44.1 Å². The number of likely N-dealkylation sites (tertiary alicyclic amines) is 3. The molecule has 0 bridgehead atoms. The summed E-state index contributed by atoms with van der Waals surface area (Å²) in [6.07, 6.45) is 17.7. The first-order chi connectivity index (χ1) is 46.5. The molecule has 3 amide bonds. The fourth-order valence-electron chi connectivity index (χ4n) is 11.1. The van der Waals surface area contributed by atoms with Crippen LogP contribution in [0.1, 0.15) is 84.6 Å². The Balaban J connectivity index is 0.000000177. The van der Waals surface area contributed by atoms with Crippen molar-refractivity contribution in [2.24, 2.45) is 0 Å². The number of hydrogen-bond donors (Lipinski definition) is 5. The molecule has 23 heteroatoms. The molecule has 3 aromatic heterocycles. The molecule has 12 rings (SSSR count). The van der Waals surface area contributed by atoms with Gasteiger partial charge in [-0.05, 0) is 86.2 Å². The van der Waals surface area contributed by atoms with Crippen LogP contribution in [-0.4, -0.2) is 137 Å². The van der Waals surface area contributed by atoms with Crippen LogP contribution >= 0.6 is 34.8 Å². The van der Waals surface area contributed by atoms with E-state index in [1.165, 1.54) is 14.7 Å². The second-order valence-electron chi connectivity index (χ2n) is 21.8. The van der Waals surface area contributed by atoms with Crippen molar-refractivity contribution in [3.8, 4) is 0 Å². The number of aryl methyl sites for hydroxylation is 3. The maximum absolute atomic E-state index is 12.9. The number of benzene rings is 6. The molecule has 3 saturated heterocycles. The molecule has 0 aliphatic carbocycles. The number of Topliss-reactive ketones (excluding diaryl/α,β-unsaturated/α-hetero) is 3. The third-order valence-corrected chi connectivity index (χ3v) is 16.2. The van der Waals surface area contributed by atoms with Gasteiger partial charge in [-0.1, -0.05) is 162 Å². The Morgan fingerprint density at radius 1 is 0.365 bits per heavy atom. The highest BCUT2D eigenvalue weighted by molar-refractivity contribution is 6.48. The summed E-state index contributed by atoms with van der Waals surface area (Å²) in [6.45, 7) is 6.93. The number of carbonyl (C=O) groups excluding carboxylic acids is 6. The van der Waals surface area contributed by atoms with E-state index in [2.05, 4.69) is 15.0 Å². The van der Waals surface area contributed by atoms with Gasteiger partial charge in [-0.3, -0.25) is 28.8 Å². The van der Waals surface area contributed by atoms with Crippen molar-refractivity contribution in [2.75, 3.05) is 32.8 Å². The molecule has 9 aromatic rings. The van der Waals surface area contributed by atoms with Gasteiger partial charge in [0.2, 0.25) is 0 Å². The summed E-state index contributed by atoms with van der Waals surface area (Å²) in [5, 5.41) is 49.6. The minimum absolute atomic E-state index is 0.0937. The number of nitrogens with zero attached hydrogens (tertiary/aromatic N) is 9. The SMILES string of the molecule is CCO.CCO.O=C1C(=O)N(CCCn2ccnc2)C(c2ccc(Cl)cc2)/C1=C(\O)c1ccccc1.O=C1C(=O)N(CCCn2ccnc2)C(c2ccc(Cl)cc2)/C1=C(\O)c1ccccc1.O=C1C(=O)N(CCCn2ccnc2)C(c2ccc(Cl)cc2)/C1=C(\O)c1ccccc1. The number of aliphatic hydroxyl groups excluding tert-OH is 5. The predicted molar refractivity (Wildman–Crippen MR) is 367 cm³/mol. The fourth-order valence-corrected chi connectivity index (χ4v) is 11.5. The van der Waals surface area contributed by atoms with Crippen LogP contribution in [0.3, 0.4) is 0 Å². The highest BCUT2D eigenvalue weighted by atomic mass is 35.5. The van der Waals surface area contributed by atoms with Crippen molar-refractivity contribution in [1.82, 2.24) is 43.4 Å². The van der Waals surface area contributed by atoms with E-state index in [1.54, 1.807) is 197 Å². The van der Waals surface area contributed by atoms with E-state index in [0.717, 1.165) is 16.7 Å².